The highest BCUT2D eigenvalue weighted by Gasteiger charge is 2.36. The van der Waals surface area contributed by atoms with Crippen LogP contribution in [0, 0.1) is 6.92 Å². The molecule has 0 bridgehead atoms. The second kappa shape index (κ2) is 6.56. The van der Waals surface area contributed by atoms with Crippen molar-refractivity contribution < 1.29 is 18.0 Å². The van der Waals surface area contributed by atoms with Gasteiger partial charge in [0.2, 0.25) is 0 Å². The Kier molecular flexibility index (Phi) is 4.28. The van der Waals surface area contributed by atoms with Crippen molar-refractivity contribution in [1.29, 1.82) is 0 Å². The van der Waals surface area contributed by atoms with E-state index in [2.05, 4.69) is 5.32 Å². The first kappa shape index (κ1) is 18.9. The number of carbonyl (C=O) groups is 2. The van der Waals surface area contributed by atoms with Gasteiger partial charge in [-0.1, -0.05) is 42.0 Å². The molecule has 0 heterocycles. The Balaban J connectivity index is 2.02. The summed E-state index contributed by atoms with van der Waals surface area (Å²) in [6.07, 6.45) is 1.02. The van der Waals surface area contributed by atoms with E-state index in [-0.39, 0.29) is 44.3 Å². The number of carbonyl (C=O) groups excluding carboxylic acids is 2. The fourth-order valence-corrected chi connectivity index (χ4v) is 4.32. The Morgan fingerprint density at radius 2 is 1.41 bits per heavy atom. The highest BCUT2D eigenvalue weighted by Crippen LogP contribution is 2.40. The normalized spacial score (nSPS) is 13.0. The summed E-state index contributed by atoms with van der Waals surface area (Å²) in [5.74, 6) is -0.846. The Hall–Kier alpha value is -3.45. The van der Waals surface area contributed by atoms with Crippen LogP contribution in [0.15, 0.2) is 59.5 Å². The fraction of sp³-hybridized carbons (Fsp3) is 0.0909. The number of nitrogens with two attached hydrogens (primary N) is 1. The van der Waals surface area contributed by atoms with Crippen LogP contribution < -0.4 is 11.1 Å². The predicted octanol–water partition coefficient (Wildman–Crippen LogP) is 3.50. The molecule has 3 aromatic carbocycles. The Morgan fingerprint density at radius 3 is 1.97 bits per heavy atom. The second-order valence-corrected chi connectivity index (χ2v) is 9.04. The molecule has 29 heavy (non-hydrogen) atoms. The molecule has 0 fully saturated rings. The molecule has 0 radical (unpaired) electrons. The molecule has 0 unspecified atom stereocenters. The zero-order valence-corrected chi connectivity index (χ0v) is 16.6. The summed E-state index contributed by atoms with van der Waals surface area (Å²) in [5.41, 5.74) is 8.31. The van der Waals surface area contributed by atoms with Gasteiger partial charge >= 0.3 is 0 Å². The lowest BCUT2D eigenvalue weighted by atomic mass is 9.82. The van der Waals surface area contributed by atoms with Crippen LogP contribution in [0.4, 0.5) is 17.1 Å². The lowest BCUT2D eigenvalue weighted by Crippen LogP contribution is -2.25. The van der Waals surface area contributed by atoms with E-state index in [0.29, 0.717) is 5.69 Å². The number of ketones is 2. The van der Waals surface area contributed by atoms with Gasteiger partial charge in [-0.15, -0.1) is 0 Å². The first-order valence-corrected chi connectivity index (χ1v) is 10.8. The second-order valence-electron chi connectivity index (χ2n) is 7.05. The maximum absolute atomic E-state index is 13.2. The van der Waals surface area contributed by atoms with Gasteiger partial charge in [0.05, 0.1) is 27.4 Å². The van der Waals surface area contributed by atoms with Crippen LogP contribution in [0.1, 0.15) is 37.4 Å². The van der Waals surface area contributed by atoms with E-state index in [4.69, 9.17) is 5.73 Å². The van der Waals surface area contributed by atoms with Crippen molar-refractivity contribution >= 4 is 38.5 Å². The number of sulfone groups is 1. The van der Waals surface area contributed by atoms with E-state index in [1.54, 1.807) is 30.3 Å². The molecule has 6 nitrogen and oxygen atoms in total. The standard InChI is InChI=1S/C22H18N2O4S/c1-12-7-9-13(10-8-12)24-16-11-17(29(2,27)28)20(23)19-18(16)21(25)14-5-3-4-6-15(14)22(19)26/h3-11,24H,23H2,1-2H3. The van der Waals surface area contributed by atoms with Crippen molar-refractivity contribution in [3.8, 4) is 0 Å². The number of benzene rings is 3. The van der Waals surface area contributed by atoms with Crippen molar-refractivity contribution in [2.75, 3.05) is 17.3 Å². The van der Waals surface area contributed by atoms with Crippen LogP contribution in [0.3, 0.4) is 0 Å². The van der Waals surface area contributed by atoms with Crippen LogP contribution in [0.2, 0.25) is 0 Å². The van der Waals surface area contributed by atoms with Gasteiger partial charge in [-0.25, -0.2) is 8.42 Å². The highest BCUT2D eigenvalue weighted by atomic mass is 32.2. The monoisotopic (exact) mass is 406 g/mol. The van der Waals surface area contributed by atoms with Gasteiger partial charge in [0, 0.05) is 23.1 Å². The summed E-state index contributed by atoms with van der Waals surface area (Å²) in [6, 6.07) is 15.1. The minimum absolute atomic E-state index is 0.0776. The van der Waals surface area contributed by atoms with Gasteiger partial charge in [-0.05, 0) is 25.1 Å². The molecular formula is C22H18N2O4S. The van der Waals surface area contributed by atoms with E-state index < -0.39 is 15.6 Å². The van der Waals surface area contributed by atoms with Crippen LogP contribution in [0.5, 0.6) is 0 Å². The third kappa shape index (κ3) is 3.09. The quantitative estimate of drug-likeness (QED) is 0.505. The number of nitrogens with one attached hydrogen (secondary N) is 1. The van der Waals surface area contributed by atoms with Gasteiger partial charge in [0.25, 0.3) is 0 Å². The van der Waals surface area contributed by atoms with Crippen LogP contribution in [0.25, 0.3) is 0 Å². The summed E-state index contributed by atoms with van der Waals surface area (Å²) in [4.78, 5) is 26.2. The molecule has 1 aliphatic carbocycles. The average molecular weight is 406 g/mol. The molecule has 3 aromatic rings. The zero-order chi connectivity index (χ0) is 20.9. The van der Waals surface area contributed by atoms with Crippen molar-refractivity contribution in [3.63, 3.8) is 0 Å². The van der Waals surface area contributed by atoms with Gasteiger partial charge < -0.3 is 11.1 Å². The van der Waals surface area contributed by atoms with Crippen molar-refractivity contribution in [2.45, 2.75) is 11.8 Å². The molecule has 0 aromatic heterocycles. The van der Waals surface area contributed by atoms with E-state index in [1.807, 2.05) is 19.1 Å². The number of nitrogen functional groups attached to an aromatic ring is 1. The summed E-state index contributed by atoms with van der Waals surface area (Å²) >= 11 is 0. The highest BCUT2D eigenvalue weighted by molar-refractivity contribution is 7.90. The smallest absolute Gasteiger partial charge is 0.196 e. The van der Waals surface area contributed by atoms with Gasteiger partial charge in [0.15, 0.2) is 21.4 Å². The van der Waals surface area contributed by atoms with Crippen molar-refractivity contribution in [2.24, 2.45) is 0 Å². The van der Waals surface area contributed by atoms with Crippen molar-refractivity contribution in [3.05, 3.63) is 82.4 Å². The fourth-order valence-electron chi connectivity index (χ4n) is 3.49. The predicted molar refractivity (Wildman–Crippen MR) is 112 cm³/mol. The molecule has 7 heteroatoms. The maximum Gasteiger partial charge on any atom is 0.196 e. The minimum atomic E-state index is -3.74. The third-order valence-electron chi connectivity index (χ3n) is 4.93. The van der Waals surface area contributed by atoms with E-state index >= 15 is 0 Å². The first-order valence-electron chi connectivity index (χ1n) is 8.87. The van der Waals surface area contributed by atoms with Crippen LogP contribution in [-0.4, -0.2) is 26.2 Å². The molecule has 1 aliphatic rings. The van der Waals surface area contributed by atoms with E-state index in [9.17, 15) is 18.0 Å². The first-order chi connectivity index (χ1) is 13.7. The van der Waals surface area contributed by atoms with Gasteiger partial charge in [0.1, 0.15) is 0 Å². The lowest BCUT2D eigenvalue weighted by Gasteiger charge is -2.24. The van der Waals surface area contributed by atoms with Gasteiger partial charge in [-0.2, -0.15) is 0 Å². The SMILES string of the molecule is Cc1ccc(Nc2cc(S(C)(=O)=O)c(N)c3c2C(=O)c2ccccc2C3=O)cc1. The number of aryl methyl sites for hydroxylation is 1. The molecule has 0 saturated carbocycles. The topological polar surface area (TPSA) is 106 Å². The van der Waals surface area contributed by atoms with Crippen molar-refractivity contribution in [1.82, 2.24) is 0 Å². The molecule has 3 N–H and O–H groups in total. The molecule has 0 atom stereocenters. The van der Waals surface area contributed by atoms with E-state index in [1.165, 1.54) is 12.1 Å². The molecular weight excluding hydrogens is 388 g/mol. The Labute approximate surface area is 168 Å². The number of fused-ring (bicyclic) bond motifs is 2. The zero-order valence-electron chi connectivity index (χ0n) is 15.8. The lowest BCUT2D eigenvalue weighted by molar-refractivity contribution is 0.0980. The summed E-state index contributed by atoms with van der Waals surface area (Å²) in [7, 11) is -3.74. The van der Waals surface area contributed by atoms with Gasteiger partial charge in [-0.3, -0.25) is 9.59 Å². The molecule has 0 aliphatic heterocycles. The molecule has 146 valence electrons. The Bertz CT molecular complexity index is 1290. The summed E-state index contributed by atoms with van der Waals surface area (Å²) in [5, 5.41) is 3.09. The molecule has 0 spiro atoms. The minimum Gasteiger partial charge on any atom is -0.397 e. The van der Waals surface area contributed by atoms with Crippen LogP contribution in [-0.2, 0) is 9.84 Å². The molecule has 0 saturated heterocycles. The average Bonchev–Trinajstić information content (AvgIpc) is 2.68. The number of hydrogen-bond acceptors (Lipinski definition) is 6. The number of hydrogen-bond donors (Lipinski definition) is 2. The summed E-state index contributed by atoms with van der Waals surface area (Å²) < 4.78 is 24.6. The molecule has 0 amide bonds. The third-order valence-corrected chi connectivity index (χ3v) is 6.07. The van der Waals surface area contributed by atoms with Crippen LogP contribution >= 0.6 is 0 Å². The number of rotatable bonds is 3. The van der Waals surface area contributed by atoms with E-state index in [0.717, 1.165) is 11.8 Å². The number of anilines is 3. The molecule has 4 rings (SSSR count). The maximum atomic E-state index is 13.2. The largest absolute Gasteiger partial charge is 0.397 e. The summed E-state index contributed by atoms with van der Waals surface area (Å²) in [6.45, 7) is 1.94. The Morgan fingerprint density at radius 1 is 0.862 bits per heavy atom.